The highest BCUT2D eigenvalue weighted by atomic mass is 32.2. The lowest BCUT2D eigenvalue weighted by molar-refractivity contribution is 0.0387. The minimum atomic E-state index is -3.85. The molecule has 0 bridgehead atoms. The van der Waals surface area contributed by atoms with Crippen LogP contribution in [0.3, 0.4) is 0 Å². The summed E-state index contributed by atoms with van der Waals surface area (Å²) in [7, 11) is -6.18. The number of benzene rings is 2. The smallest absolute Gasteiger partial charge is 0.271 e. The molecule has 0 aliphatic carbocycles. The number of hydrogen-bond acceptors (Lipinski definition) is 8. The Balaban J connectivity index is 1.68. The number of aliphatic hydroxyl groups is 1. The number of anilines is 1. The zero-order valence-corrected chi connectivity index (χ0v) is 24.2. The van der Waals surface area contributed by atoms with Crippen molar-refractivity contribution in [2.24, 2.45) is 5.92 Å². The lowest BCUT2D eigenvalue weighted by Gasteiger charge is -2.38. The van der Waals surface area contributed by atoms with Crippen molar-refractivity contribution in [3.05, 3.63) is 71.6 Å². The molecule has 2 heterocycles. The first-order valence-electron chi connectivity index (χ1n) is 12.2. The minimum absolute atomic E-state index is 0.000128. The van der Waals surface area contributed by atoms with E-state index in [-0.39, 0.29) is 51.7 Å². The van der Waals surface area contributed by atoms with Gasteiger partial charge in [-0.3, -0.25) is 9.52 Å². The van der Waals surface area contributed by atoms with E-state index in [1.165, 1.54) is 52.7 Å². The highest BCUT2D eigenvalue weighted by Gasteiger charge is 2.35. The first-order chi connectivity index (χ1) is 18.4. The molecule has 13 heteroatoms. The summed E-state index contributed by atoms with van der Waals surface area (Å²) in [5.74, 6) is -0.544. The Morgan fingerprint density at radius 1 is 1.13 bits per heavy atom. The largest absolute Gasteiger partial charge is 0.488 e. The molecule has 0 saturated heterocycles. The van der Waals surface area contributed by atoms with Gasteiger partial charge in [-0.25, -0.2) is 16.8 Å². The van der Waals surface area contributed by atoms with Crippen molar-refractivity contribution >= 4 is 43.0 Å². The molecule has 3 aromatic rings. The van der Waals surface area contributed by atoms with Crippen LogP contribution in [0.5, 0.6) is 5.75 Å². The maximum Gasteiger partial charge on any atom is 0.271 e. The second-order valence-electron chi connectivity index (χ2n) is 9.47. The molecule has 1 aliphatic heterocycles. The normalized spacial score (nSPS) is 19.1. The number of nitrogens with zero attached hydrogens (tertiary/aromatic N) is 2. The Labute approximate surface area is 232 Å². The number of carbonyl (C=O) groups excluding carboxylic acids is 1. The van der Waals surface area contributed by atoms with E-state index in [2.05, 4.69) is 4.72 Å². The van der Waals surface area contributed by atoms with Crippen molar-refractivity contribution in [2.45, 2.75) is 35.1 Å². The van der Waals surface area contributed by atoms with Gasteiger partial charge in [0.25, 0.3) is 15.9 Å². The summed E-state index contributed by atoms with van der Waals surface area (Å²) >= 11 is 1.07. The van der Waals surface area contributed by atoms with Crippen molar-refractivity contribution in [1.29, 1.82) is 0 Å². The van der Waals surface area contributed by atoms with Gasteiger partial charge in [-0.05, 0) is 48.7 Å². The summed E-state index contributed by atoms with van der Waals surface area (Å²) in [6, 6.07) is 15.0. The van der Waals surface area contributed by atoms with Gasteiger partial charge in [0.1, 0.15) is 16.1 Å². The van der Waals surface area contributed by atoms with Gasteiger partial charge in [0.15, 0.2) is 0 Å². The monoisotopic (exact) mass is 593 g/mol. The van der Waals surface area contributed by atoms with Crippen LogP contribution in [0.15, 0.2) is 75.1 Å². The molecule has 4 rings (SSSR count). The van der Waals surface area contributed by atoms with Crippen LogP contribution in [0.2, 0.25) is 0 Å². The number of fused-ring (bicyclic) bond motifs is 1. The van der Waals surface area contributed by atoms with Gasteiger partial charge >= 0.3 is 0 Å². The molecule has 0 unspecified atom stereocenters. The summed E-state index contributed by atoms with van der Waals surface area (Å²) in [6.45, 7) is 3.46. The number of thiophene rings is 1. The topological polar surface area (TPSA) is 133 Å². The quantitative estimate of drug-likeness (QED) is 0.390. The molecule has 1 amide bonds. The van der Waals surface area contributed by atoms with Gasteiger partial charge in [-0.1, -0.05) is 31.2 Å². The maximum absolute atomic E-state index is 13.6. The molecular formula is C26H31N3O7S3. The van der Waals surface area contributed by atoms with Crippen LogP contribution in [0.1, 0.15) is 24.2 Å². The molecule has 0 fully saturated rings. The number of sulfonamides is 2. The molecule has 3 atom stereocenters. The van der Waals surface area contributed by atoms with E-state index in [4.69, 9.17) is 4.74 Å². The molecule has 0 spiro atoms. The Morgan fingerprint density at radius 3 is 2.49 bits per heavy atom. The highest BCUT2D eigenvalue weighted by molar-refractivity contribution is 7.94. The van der Waals surface area contributed by atoms with Gasteiger partial charge in [-0.2, -0.15) is 4.31 Å². The van der Waals surface area contributed by atoms with Crippen LogP contribution < -0.4 is 9.46 Å². The lowest BCUT2D eigenvalue weighted by atomic mass is 9.99. The van der Waals surface area contributed by atoms with Gasteiger partial charge in [-0.15, -0.1) is 11.3 Å². The second-order valence-corrected chi connectivity index (χ2v) is 14.4. The van der Waals surface area contributed by atoms with E-state index in [1.54, 1.807) is 36.6 Å². The molecule has 210 valence electrons. The fourth-order valence-electron chi connectivity index (χ4n) is 4.25. The van der Waals surface area contributed by atoms with Crippen LogP contribution in [-0.2, 0) is 20.0 Å². The first kappa shape index (κ1) is 29.0. The molecular weight excluding hydrogens is 563 g/mol. The molecule has 39 heavy (non-hydrogen) atoms. The maximum atomic E-state index is 13.6. The molecule has 1 aliphatic rings. The standard InChI is InChI=1S/C26H31N3O7S3/c1-18-15-29(19(2)17-30)26(31)22-14-20(27-38(32,33)25-10-7-13-37-25)11-12-23(22)36-24(18)16-28(3)39(34,35)21-8-5-4-6-9-21/h4-14,18-19,24,27,30H,15-17H2,1-3H3/t18-,19-,24-/m1/s1. The Morgan fingerprint density at radius 2 is 1.85 bits per heavy atom. The SMILES string of the molecule is C[C@@H]1CN([C@H](C)CO)C(=O)c2cc(NS(=O)(=O)c3cccs3)ccc2O[C@@H]1CN(C)S(=O)(=O)c1ccccc1. The average Bonchev–Trinajstić information content (AvgIpc) is 3.47. The third-order valence-electron chi connectivity index (χ3n) is 6.57. The number of hydrogen-bond donors (Lipinski definition) is 2. The molecule has 0 radical (unpaired) electrons. The van der Waals surface area contributed by atoms with Gasteiger partial charge in [0.05, 0.1) is 29.7 Å². The van der Waals surface area contributed by atoms with E-state index in [1.807, 2.05) is 6.92 Å². The van der Waals surface area contributed by atoms with Gasteiger partial charge in [0, 0.05) is 25.2 Å². The van der Waals surface area contributed by atoms with Crippen molar-refractivity contribution in [3.8, 4) is 5.75 Å². The van der Waals surface area contributed by atoms with Crippen molar-refractivity contribution in [3.63, 3.8) is 0 Å². The van der Waals surface area contributed by atoms with E-state index >= 15 is 0 Å². The number of ether oxygens (including phenoxy) is 1. The molecule has 2 N–H and O–H groups in total. The number of aliphatic hydroxyl groups excluding tert-OH is 1. The molecule has 10 nitrogen and oxygen atoms in total. The fourth-order valence-corrected chi connectivity index (χ4v) is 7.50. The van der Waals surface area contributed by atoms with Crippen LogP contribution in [-0.4, -0.2) is 75.9 Å². The number of rotatable bonds is 9. The highest BCUT2D eigenvalue weighted by Crippen LogP contribution is 2.32. The van der Waals surface area contributed by atoms with Crippen molar-refractivity contribution in [1.82, 2.24) is 9.21 Å². The fraction of sp³-hybridized carbons (Fsp3) is 0.346. The van der Waals surface area contributed by atoms with Crippen molar-refractivity contribution < 1.29 is 31.5 Å². The second kappa shape index (κ2) is 11.6. The zero-order valence-electron chi connectivity index (χ0n) is 21.7. The summed E-state index contributed by atoms with van der Waals surface area (Å²) < 4.78 is 61.9. The summed E-state index contributed by atoms with van der Waals surface area (Å²) in [6.07, 6.45) is -0.651. The number of amides is 1. The van der Waals surface area contributed by atoms with Crippen LogP contribution in [0, 0.1) is 5.92 Å². The zero-order chi connectivity index (χ0) is 28.4. The van der Waals surface area contributed by atoms with Crippen LogP contribution >= 0.6 is 11.3 Å². The van der Waals surface area contributed by atoms with E-state index in [0.717, 1.165) is 11.3 Å². The summed E-state index contributed by atoms with van der Waals surface area (Å²) in [5, 5.41) is 11.5. The number of likely N-dealkylation sites (N-methyl/N-ethyl adjacent to an activating group) is 1. The van der Waals surface area contributed by atoms with Gasteiger partial charge in [0.2, 0.25) is 10.0 Å². The third kappa shape index (κ3) is 6.28. The van der Waals surface area contributed by atoms with E-state index in [0.29, 0.717) is 0 Å². The Hall–Kier alpha value is -2.97. The Bertz CT molecular complexity index is 1510. The molecule has 1 aromatic heterocycles. The van der Waals surface area contributed by atoms with Crippen LogP contribution in [0.4, 0.5) is 5.69 Å². The minimum Gasteiger partial charge on any atom is -0.488 e. The first-order valence-corrected chi connectivity index (χ1v) is 16.0. The number of nitrogens with one attached hydrogen (secondary N) is 1. The van der Waals surface area contributed by atoms with Gasteiger partial charge < -0.3 is 14.7 Å². The van der Waals surface area contributed by atoms with E-state index in [9.17, 15) is 26.7 Å². The predicted molar refractivity (Wildman–Crippen MR) is 149 cm³/mol. The molecule has 2 aromatic carbocycles. The summed E-state index contributed by atoms with van der Waals surface area (Å²) in [4.78, 5) is 15.3. The average molecular weight is 594 g/mol. The van der Waals surface area contributed by atoms with Crippen molar-refractivity contribution in [2.75, 3.05) is 31.5 Å². The summed E-state index contributed by atoms with van der Waals surface area (Å²) in [5.41, 5.74) is 0.275. The third-order valence-corrected chi connectivity index (χ3v) is 11.2. The van der Waals surface area contributed by atoms with E-state index < -0.39 is 38.1 Å². The number of carbonyl (C=O) groups is 1. The molecule has 0 saturated carbocycles. The lowest BCUT2D eigenvalue weighted by Crippen LogP contribution is -2.50. The predicted octanol–water partition coefficient (Wildman–Crippen LogP) is 3.09. The van der Waals surface area contributed by atoms with Crippen LogP contribution in [0.25, 0.3) is 0 Å². The Kier molecular flexibility index (Phi) is 8.66.